The van der Waals surface area contributed by atoms with Crippen LogP contribution in [0.25, 0.3) is 0 Å². The van der Waals surface area contributed by atoms with Crippen molar-refractivity contribution in [1.82, 2.24) is 0 Å². The molecular weight excluding hydrogens is 250 g/mol. The summed E-state index contributed by atoms with van der Waals surface area (Å²) in [7, 11) is -3.31. The van der Waals surface area contributed by atoms with E-state index in [-0.39, 0.29) is 5.75 Å². The van der Waals surface area contributed by atoms with Crippen LogP contribution in [-0.4, -0.2) is 26.9 Å². The number of primary sulfonamides is 1. The third-order valence-electron chi connectivity index (χ3n) is 3.82. The Morgan fingerprint density at radius 3 is 2.39 bits per heavy atom. The molecule has 5 heteroatoms. The molecule has 0 heterocycles. The van der Waals surface area contributed by atoms with Gasteiger partial charge in [0, 0.05) is 6.61 Å². The van der Waals surface area contributed by atoms with Gasteiger partial charge in [-0.25, -0.2) is 13.6 Å². The predicted octanol–water partition coefficient (Wildman–Crippen LogP) is 2.29. The predicted molar refractivity (Wildman–Crippen MR) is 73.7 cm³/mol. The zero-order chi connectivity index (χ0) is 13.6. The molecule has 0 aromatic rings. The van der Waals surface area contributed by atoms with Crippen LogP contribution in [-0.2, 0) is 14.8 Å². The topological polar surface area (TPSA) is 69.4 Å². The molecule has 0 radical (unpaired) electrons. The summed E-state index contributed by atoms with van der Waals surface area (Å²) in [6.07, 6.45) is 6.86. The molecule has 1 fully saturated rings. The first-order chi connectivity index (χ1) is 8.37. The fourth-order valence-corrected chi connectivity index (χ4v) is 3.07. The molecule has 1 aliphatic rings. The Bertz CT molecular complexity index is 321. The number of nitrogens with two attached hydrogens (primary N) is 1. The van der Waals surface area contributed by atoms with Crippen molar-refractivity contribution >= 4 is 10.0 Å². The number of ether oxygens (including phenoxy) is 1. The van der Waals surface area contributed by atoms with Gasteiger partial charge in [-0.2, -0.15) is 0 Å². The van der Waals surface area contributed by atoms with Crippen LogP contribution in [0.15, 0.2) is 0 Å². The van der Waals surface area contributed by atoms with Crippen LogP contribution in [0.5, 0.6) is 0 Å². The standard InChI is InChI=1S/C13H27NO3S/c1-11-3-5-13(6-4-11)17-9-7-12(2)8-10-18(14,15)16/h11-13H,3-10H2,1-2H3,(H2,14,15,16). The lowest BCUT2D eigenvalue weighted by atomic mass is 9.89. The fraction of sp³-hybridized carbons (Fsp3) is 1.00. The molecule has 0 aromatic carbocycles. The molecule has 108 valence electrons. The van der Waals surface area contributed by atoms with E-state index in [4.69, 9.17) is 9.88 Å². The summed E-state index contributed by atoms with van der Waals surface area (Å²) in [6, 6.07) is 0. The van der Waals surface area contributed by atoms with Crippen LogP contribution in [0.1, 0.15) is 52.4 Å². The van der Waals surface area contributed by atoms with Crippen molar-refractivity contribution in [3.05, 3.63) is 0 Å². The molecule has 1 unspecified atom stereocenters. The second kappa shape index (κ2) is 7.46. The van der Waals surface area contributed by atoms with E-state index in [1.165, 1.54) is 25.7 Å². The molecule has 4 nitrogen and oxygen atoms in total. The molecule has 0 amide bonds. The normalized spacial score (nSPS) is 27.1. The Hall–Kier alpha value is -0.130. The van der Waals surface area contributed by atoms with Crippen LogP contribution in [0.4, 0.5) is 0 Å². The monoisotopic (exact) mass is 277 g/mol. The summed E-state index contributed by atoms with van der Waals surface area (Å²) in [5.74, 6) is 1.28. The van der Waals surface area contributed by atoms with Crippen LogP contribution >= 0.6 is 0 Å². The maximum atomic E-state index is 10.8. The molecule has 0 aliphatic heterocycles. The van der Waals surface area contributed by atoms with E-state index >= 15 is 0 Å². The van der Waals surface area contributed by atoms with Gasteiger partial charge in [0.05, 0.1) is 11.9 Å². The first-order valence-electron chi connectivity index (χ1n) is 6.99. The SMILES string of the molecule is CC1CCC(OCCC(C)CCS(N)(=O)=O)CC1. The third kappa shape index (κ3) is 7.34. The largest absolute Gasteiger partial charge is 0.378 e. The fourth-order valence-electron chi connectivity index (χ4n) is 2.34. The van der Waals surface area contributed by atoms with Gasteiger partial charge in [0.15, 0.2) is 0 Å². The van der Waals surface area contributed by atoms with Crippen molar-refractivity contribution in [2.45, 2.75) is 58.5 Å². The summed E-state index contributed by atoms with van der Waals surface area (Å²) in [5.41, 5.74) is 0. The van der Waals surface area contributed by atoms with Gasteiger partial charge >= 0.3 is 0 Å². The van der Waals surface area contributed by atoms with Gasteiger partial charge in [-0.3, -0.25) is 0 Å². The lowest BCUT2D eigenvalue weighted by Crippen LogP contribution is -2.22. The van der Waals surface area contributed by atoms with Gasteiger partial charge < -0.3 is 4.74 Å². The lowest BCUT2D eigenvalue weighted by molar-refractivity contribution is 0.0139. The van der Waals surface area contributed by atoms with Gasteiger partial charge in [0.1, 0.15) is 0 Å². The zero-order valence-electron chi connectivity index (χ0n) is 11.6. The minimum atomic E-state index is -3.31. The second-order valence-corrected chi connectivity index (χ2v) is 7.54. The van der Waals surface area contributed by atoms with Gasteiger partial charge in [0.25, 0.3) is 0 Å². The molecule has 1 saturated carbocycles. The zero-order valence-corrected chi connectivity index (χ0v) is 12.4. The highest BCUT2D eigenvalue weighted by molar-refractivity contribution is 7.89. The molecular formula is C13H27NO3S. The van der Waals surface area contributed by atoms with E-state index < -0.39 is 10.0 Å². The Kier molecular flexibility index (Phi) is 6.60. The van der Waals surface area contributed by atoms with Gasteiger partial charge in [0.2, 0.25) is 10.0 Å². The van der Waals surface area contributed by atoms with E-state index in [1.807, 2.05) is 0 Å². The van der Waals surface area contributed by atoms with E-state index in [0.717, 1.165) is 18.9 Å². The first-order valence-corrected chi connectivity index (χ1v) is 8.70. The highest BCUT2D eigenvalue weighted by Crippen LogP contribution is 2.25. The van der Waals surface area contributed by atoms with Crippen molar-refractivity contribution in [3.8, 4) is 0 Å². The molecule has 0 aromatic heterocycles. The average Bonchev–Trinajstić information content (AvgIpc) is 2.28. The third-order valence-corrected chi connectivity index (χ3v) is 4.63. The summed E-state index contributed by atoms with van der Waals surface area (Å²) >= 11 is 0. The molecule has 1 atom stereocenters. The van der Waals surface area contributed by atoms with E-state index in [9.17, 15) is 8.42 Å². The molecule has 1 rings (SSSR count). The van der Waals surface area contributed by atoms with Crippen LogP contribution in [0, 0.1) is 11.8 Å². The molecule has 2 N–H and O–H groups in total. The quantitative estimate of drug-likeness (QED) is 0.776. The number of sulfonamides is 1. The molecule has 0 bridgehead atoms. The Morgan fingerprint density at radius 2 is 1.83 bits per heavy atom. The summed E-state index contributed by atoms with van der Waals surface area (Å²) < 4.78 is 27.5. The average molecular weight is 277 g/mol. The maximum absolute atomic E-state index is 10.8. The van der Waals surface area contributed by atoms with Crippen molar-refractivity contribution < 1.29 is 13.2 Å². The number of hydrogen-bond donors (Lipinski definition) is 1. The van der Waals surface area contributed by atoms with Crippen LogP contribution in [0.2, 0.25) is 0 Å². The minimum absolute atomic E-state index is 0.0785. The Morgan fingerprint density at radius 1 is 1.22 bits per heavy atom. The second-order valence-electron chi connectivity index (χ2n) is 5.80. The first kappa shape index (κ1) is 15.9. The number of hydrogen-bond acceptors (Lipinski definition) is 3. The van der Waals surface area contributed by atoms with Crippen molar-refractivity contribution in [1.29, 1.82) is 0 Å². The van der Waals surface area contributed by atoms with Crippen LogP contribution in [0.3, 0.4) is 0 Å². The summed E-state index contributed by atoms with van der Waals surface area (Å²) in [4.78, 5) is 0. The maximum Gasteiger partial charge on any atom is 0.209 e. The van der Waals surface area contributed by atoms with Gasteiger partial charge in [-0.05, 0) is 50.4 Å². The summed E-state index contributed by atoms with van der Waals surface area (Å²) in [6.45, 7) is 5.09. The molecule has 0 spiro atoms. The van der Waals surface area contributed by atoms with Gasteiger partial charge in [-0.15, -0.1) is 0 Å². The smallest absolute Gasteiger partial charge is 0.209 e. The molecule has 0 saturated heterocycles. The Balaban J connectivity index is 2.06. The number of rotatable bonds is 7. The van der Waals surface area contributed by atoms with Crippen molar-refractivity contribution in [2.24, 2.45) is 17.0 Å². The highest BCUT2D eigenvalue weighted by atomic mass is 32.2. The van der Waals surface area contributed by atoms with Crippen LogP contribution < -0.4 is 5.14 Å². The van der Waals surface area contributed by atoms with Crippen molar-refractivity contribution in [2.75, 3.05) is 12.4 Å². The molecule has 1 aliphatic carbocycles. The minimum Gasteiger partial charge on any atom is -0.378 e. The lowest BCUT2D eigenvalue weighted by Gasteiger charge is -2.26. The van der Waals surface area contributed by atoms with Gasteiger partial charge in [-0.1, -0.05) is 13.8 Å². The van der Waals surface area contributed by atoms with E-state index in [2.05, 4.69) is 13.8 Å². The van der Waals surface area contributed by atoms with E-state index in [0.29, 0.717) is 18.4 Å². The Labute approximate surface area is 111 Å². The summed E-state index contributed by atoms with van der Waals surface area (Å²) in [5, 5.41) is 4.98. The van der Waals surface area contributed by atoms with E-state index in [1.54, 1.807) is 0 Å². The van der Waals surface area contributed by atoms with Crippen molar-refractivity contribution in [3.63, 3.8) is 0 Å². The highest BCUT2D eigenvalue weighted by Gasteiger charge is 2.18. The molecule has 18 heavy (non-hydrogen) atoms.